The zero-order valence-corrected chi connectivity index (χ0v) is 15.8. The maximum atomic E-state index is 12.3. The van der Waals surface area contributed by atoms with Crippen LogP contribution in [0, 0.1) is 17.8 Å². The highest BCUT2D eigenvalue weighted by Crippen LogP contribution is 2.37. The van der Waals surface area contributed by atoms with Crippen LogP contribution in [0.2, 0.25) is 0 Å². The molecule has 5 heteroatoms. The van der Waals surface area contributed by atoms with E-state index in [0.29, 0.717) is 30.4 Å². The summed E-state index contributed by atoms with van der Waals surface area (Å²) in [7, 11) is 0. The molecule has 0 spiro atoms. The van der Waals surface area contributed by atoms with Gasteiger partial charge < -0.3 is 14.6 Å². The lowest BCUT2D eigenvalue weighted by Gasteiger charge is -2.35. The summed E-state index contributed by atoms with van der Waals surface area (Å²) in [5.74, 6) is -0.639. The molecule has 1 aliphatic carbocycles. The van der Waals surface area contributed by atoms with Crippen molar-refractivity contribution in [1.29, 1.82) is 0 Å². The molecule has 2 aliphatic rings. The molecule has 0 aromatic rings. The van der Waals surface area contributed by atoms with Gasteiger partial charge in [0.25, 0.3) is 0 Å². The highest BCUT2D eigenvalue weighted by Gasteiger charge is 2.43. The minimum Gasteiger partial charge on any atom is -0.459 e. The highest BCUT2D eigenvalue weighted by molar-refractivity contribution is 5.90. The molecule has 1 heterocycles. The van der Waals surface area contributed by atoms with Crippen LogP contribution in [0.15, 0.2) is 23.3 Å². The first-order chi connectivity index (χ1) is 11.7. The highest BCUT2D eigenvalue weighted by atomic mass is 16.6. The first-order valence-electron chi connectivity index (χ1n) is 9.16. The lowest BCUT2D eigenvalue weighted by Crippen LogP contribution is -2.41. The summed E-state index contributed by atoms with van der Waals surface area (Å²) < 4.78 is 11.4. The molecular weight excluding hydrogens is 320 g/mol. The number of esters is 2. The largest absolute Gasteiger partial charge is 0.459 e. The lowest BCUT2D eigenvalue weighted by atomic mass is 9.78. The van der Waals surface area contributed by atoms with E-state index < -0.39 is 12.2 Å². The molecule has 0 saturated carbocycles. The van der Waals surface area contributed by atoms with Gasteiger partial charge in [0.15, 0.2) is 0 Å². The Hall–Kier alpha value is -1.62. The Morgan fingerprint density at radius 3 is 2.72 bits per heavy atom. The van der Waals surface area contributed by atoms with Gasteiger partial charge in [0.2, 0.25) is 0 Å². The molecule has 1 fully saturated rings. The standard InChI is InChI=1S/C20H30O5/c1-6-12(4)19(22)24-16-9-13(5)15(21)8-7-14-10-17(25-20(14)23)18(16)11(2)3/h6-7,11,13,15-18,21H,8-10H2,1-5H3/b12-6+,14-7+/t13-,15-,16+,17+,18+/m1/s1. The van der Waals surface area contributed by atoms with Crippen LogP contribution >= 0.6 is 0 Å². The van der Waals surface area contributed by atoms with E-state index in [1.165, 1.54) is 0 Å². The summed E-state index contributed by atoms with van der Waals surface area (Å²) in [6, 6.07) is 0. The molecule has 0 radical (unpaired) electrons. The Labute approximate surface area is 150 Å². The Morgan fingerprint density at radius 1 is 1.44 bits per heavy atom. The summed E-state index contributed by atoms with van der Waals surface area (Å²) in [6.07, 6.45) is 3.74. The molecule has 5 nitrogen and oxygen atoms in total. The van der Waals surface area contributed by atoms with Crippen LogP contribution in [0.5, 0.6) is 0 Å². The fourth-order valence-electron chi connectivity index (χ4n) is 3.69. The van der Waals surface area contributed by atoms with Crippen LogP contribution in [-0.2, 0) is 19.1 Å². The summed E-state index contributed by atoms with van der Waals surface area (Å²) >= 11 is 0. The quantitative estimate of drug-likeness (QED) is 0.625. The Kier molecular flexibility index (Phi) is 6.44. The van der Waals surface area contributed by atoms with E-state index in [-0.39, 0.29) is 35.8 Å². The molecule has 0 amide bonds. The van der Waals surface area contributed by atoms with Crippen molar-refractivity contribution in [3.05, 3.63) is 23.3 Å². The van der Waals surface area contributed by atoms with Crippen molar-refractivity contribution in [2.24, 2.45) is 17.8 Å². The minimum absolute atomic E-state index is 0.0468. The molecule has 0 unspecified atom stereocenters. The maximum Gasteiger partial charge on any atom is 0.334 e. The number of fused-ring (bicyclic) bond motifs is 2. The predicted octanol–water partition coefficient (Wildman–Crippen LogP) is 3.17. The molecule has 0 aromatic heterocycles. The number of allylic oxidation sites excluding steroid dienone is 1. The summed E-state index contributed by atoms with van der Waals surface area (Å²) in [6.45, 7) is 9.58. The number of hydrogen-bond acceptors (Lipinski definition) is 5. The number of carbonyl (C=O) groups is 2. The minimum atomic E-state index is -0.575. The normalized spacial score (nSPS) is 35.8. The molecule has 2 bridgehead atoms. The van der Waals surface area contributed by atoms with Crippen molar-refractivity contribution in [2.45, 2.75) is 72.2 Å². The predicted molar refractivity (Wildman–Crippen MR) is 94.6 cm³/mol. The van der Waals surface area contributed by atoms with Crippen LogP contribution in [0.3, 0.4) is 0 Å². The first kappa shape index (κ1) is 19.7. The Morgan fingerprint density at radius 2 is 2.12 bits per heavy atom. The van der Waals surface area contributed by atoms with Crippen LogP contribution in [0.25, 0.3) is 0 Å². The van der Waals surface area contributed by atoms with Gasteiger partial charge in [-0.15, -0.1) is 0 Å². The van der Waals surface area contributed by atoms with Gasteiger partial charge in [-0.2, -0.15) is 0 Å². The van der Waals surface area contributed by atoms with Gasteiger partial charge in [-0.05, 0) is 38.5 Å². The van der Waals surface area contributed by atoms with Crippen LogP contribution in [-0.4, -0.2) is 35.4 Å². The van der Waals surface area contributed by atoms with E-state index in [2.05, 4.69) is 13.8 Å². The van der Waals surface area contributed by atoms with Crippen molar-refractivity contribution < 1.29 is 24.2 Å². The molecule has 1 saturated heterocycles. The zero-order valence-electron chi connectivity index (χ0n) is 15.8. The summed E-state index contributed by atoms with van der Waals surface area (Å²) in [4.78, 5) is 24.5. The van der Waals surface area contributed by atoms with E-state index in [1.807, 2.05) is 6.92 Å². The zero-order chi connectivity index (χ0) is 18.7. The van der Waals surface area contributed by atoms with E-state index in [1.54, 1.807) is 26.0 Å². The third-order valence-corrected chi connectivity index (χ3v) is 5.45. The van der Waals surface area contributed by atoms with Crippen molar-refractivity contribution in [2.75, 3.05) is 0 Å². The number of rotatable bonds is 3. The van der Waals surface area contributed by atoms with Gasteiger partial charge in [0.05, 0.1) is 6.10 Å². The topological polar surface area (TPSA) is 72.8 Å². The monoisotopic (exact) mass is 350 g/mol. The fraction of sp³-hybridized carbons (Fsp3) is 0.700. The van der Waals surface area contributed by atoms with Gasteiger partial charge in [-0.3, -0.25) is 0 Å². The molecule has 25 heavy (non-hydrogen) atoms. The van der Waals surface area contributed by atoms with E-state index in [0.717, 1.165) is 0 Å². The van der Waals surface area contributed by atoms with Crippen molar-refractivity contribution >= 4 is 11.9 Å². The van der Waals surface area contributed by atoms with E-state index >= 15 is 0 Å². The van der Waals surface area contributed by atoms with Crippen molar-refractivity contribution in [3.63, 3.8) is 0 Å². The molecular formula is C20H30O5. The molecule has 1 aliphatic heterocycles. The van der Waals surface area contributed by atoms with Gasteiger partial charge in [0.1, 0.15) is 12.2 Å². The summed E-state index contributed by atoms with van der Waals surface area (Å²) in [5, 5.41) is 10.4. The second-order valence-electron chi connectivity index (χ2n) is 7.63. The average molecular weight is 350 g/mol. The van der Waals surface area contributed by atoms with Gasteiger partial charge in [0, 0.05) is 23.5 Å². The second-order valence-corrected chi connectivity index (χ2v) is 7.63. The van der Waals surface area contributed by atoms with Crippen molar-refractivity contribution in [3.8, 4) is 0 Å². The number of ether oxygens (including phenoxy) is 2. The SMILES string of the molecule is C/C=C(\C)C(=O)O[C@H]1C[C@@H](C)[C@H](O)C/C=C2\C[C@H](OC2=O)[C@H]1C(C)C. The number of aliphatic hydroxyl groups is 1. The molecule has 5 atom stereocenters. The average Bonchev–Trinajstić information content (AvgIpc) is 2.90. The summed E-state index contributed by atoms with van der Waals surface area (Å²) in [5.41, 5.74) is 1.18. The molecule has 2 rings (SSSR count). The molecule has 1 N–H and O–H groups in total. The third-order valence-electron chi connectivity index (χ3n) is 5.45. The number of aliphatic hydroxyl groups excluding tert-OH is 1. The number of hydrogen-bond donors (Lipinski definition) is 1. The van der Waals surface area contributed by atoms with Crippen LogP contribution < -0.4 is 0 Å². The first-order valence-corrected chi connectivity index (χ1v) is 9.16. The van der Waals surface area contributed by atoms with Crippen molar-refractivity contribution in [1.82, 2.24) is 0 Å². The van der Waals surface area contributed by atoms with E-state index in [4.69, 9.17) is 9.47 Å². The maximum absolute atomic E-state index is 12.3. The Bertz CT molecular complexity index is 575. The third kappa shape index (κ3) is 4.51. The number of carbonyl (C=O) groups excluding carboxylic acids is 2. The van der Waals surface area contributed by atoms with Gasteiger partial charge in [-0.25, -0.2) is 9.59 Å². The fourth-order valence-corrected chi connectivity index (χ4v) is 3.69. The van der Waals surface area contributed by atoms with E-state index in [9.17, 15) is 14.7 Å². The van der Waals surface area contributed by atoms with Gasteiger partial charge in [-0.1, -0.05) is 32.9 Å². The molecule has 0 aromatic carbocycles. The molecule has 140 valence electrons. The van der Waals surface area contributed by atoms with Gasteiger partial charge >= 0.3 is 11.9 Å². The smallest absolute Gasteiger partial charge is 0.334 e. The van der Waals surface area contributed by atoms with Crippen LogP contribution in [0.1, 0.15) is 53.9 Å². The Balaban J connectivity index is 2.36. The second kappa shape index (κ2) is 8.17. The lowest BCUT2D eigenvalue weighted by molar-refractivity contribution is -0.157. The van der Waals surface area contributed by atoms with Crippen LogP contribution in [0.4, 0.5) is 0 Å².